The van der Waals surface area contributed by atoms with E-state index in [2.05, 4.69) is 10.0 Å². The molecule has 0 radical (unpaired) electrons. The Morgan fingerprint density at radius 1 is 1.69 bits per heavy atom. The van der Waals surface area contributed by atoms with Crippen LogP contribution in [0, 0.1) is 5.92 Å². The Labute approximate surface area is 94.5 Å². The second-order valence-electron chi connectivity index (χ2n) is 3.86. The van der Waals surface area contributed by atoms with Crippen molar-refractivity contribution in [1.29, 1.82) is 0 Å². The van der Waals surface area contributed by atoms with Crippen LogP contribution in [0.5, 0.6) is 0 Å². The van der Waals surface area contributed by atoms with Crippen LogP contribution in [0.1, 0.15) is 13.3 Å². The molecule has 0 saturated carbocycles. The summed E-state index contributed by atoms with van der Waals surface area (Å²) in [6, 6.07) is -0.168. The van der Waals surface area contributed by atoms with Crippen molar-refractivity contribution in [2.45, 2.75) is 25.5 Å². The van der Waals surface area contributed by atoms with Crippen molar-refractivity contribution in [3.63, 3.8) is 0 Å². The van der Waals surface area contributed by atoms with Gasteiger partial charge < -0.3 is 14.6 Å². The minimum Gasteiger partial charge on any atom is -0.392 e. The Kier molecular flexibility index (Phi) is 5.28. The summed E-state index contributed by atoms with van der Waals surface area (Å²) in [6.45, 7) is 2.12. The molecular formula is C10H17N3O3. The van der Waals surface area contributed by atoms with Crippen LogP contribution in [0.4, 0.5) is 0 Å². The molecule has 0 amide bonds. The fourth-order valence-corrected chi connectivity index (χ4v) is 1.80. The van der Waals surface area contributed by atoms with Gasteiger partial charge in [-0.05, 0) is 23.4 Å². The third-order valence-corrected chi connectivity index (χ3v) is 2.78. The van der Waals surface area contributed by atoms with Gasteiger partial charge in [0.05, 0.1) is 12.7 Å². The molecule has 6 heteroatoms. The van der Waals surface area contributed by atoms with Gasteiger partial charge in [-0.25, -0.2) is 0 Å². The van der Waals surface area contributed by atoms with Crippen molar-refractivity contribution in [1.82, 2.24) is 0 Å². The zero-order chi connectivity index (χ0) is 12.0. The summed E-state index contributed by atoms with van der Waals surface area (Å²) in [5.41, 5.74) is 9.31. The van der Waals surface area contributed by atoms with Gasteiger partial charge in [-0.1, -0.05) is 18.1 Å². The second-order valence-corrected chi connectivity index (χ2v) is 3.86. The van der Waals surface area contributed by atoms with Gasteiger partial charge in [-0.15, -0.1) is 0 Å². The lowest BCUT2D eigenvalue weighted by atomic mass is 9.84. The van der Waals surface area contributed by atoms with Gasteiger partial charge in [0.15, 0.2) is 0 Å². The van der Waals surface area contributed by atoms with Crippen LogP contribution in [0.15, 0.2) is 16.8 Å². The Morgan fingerprint density at radius 3 is 3.00 bits per heavy atom. The highest BCUT2D eigenvalue weighted by atomic mass is 16.7. The van der Waals surface area contributed by atoms with Crippen LogP contribution in [0.25, 0.3) is 10.4 Å². The minimum absolute atomic E-state index is 0.0307. The molecule has 0 aliphatic heterocycles. The van der Waals surface area contributed by atoms with Gasteiger partial charge in [-0.3, -0.25) is 0 Å². The third-order valence-electron chi connectivity index (χ3n) is 2.78. The van der Waals surface area contributed by atoms with E-state index >= 15 is 0 Å². The molecule has 1 aliphatic rings. The van der Waals surface area contributed by atoms with E-state index in [1.54, 1.807) is 7.11 Å². The van der Waals surface area contributed by atoms with E-state index in [1.807, 2.05) is 13.0 Å². The predicted octanol–water partition coefficient (Wildman–Crippen LogP) is 1.61. The highest BCUT2D eigenvalue weighted by Crippen LogP contribution is 2.28. The van der Waals surface area contributed by atoms with E-state index in [9.17, 15) is 0 Å². The van der Waals surface area contributed by atoms with Gasteiger partial charge in [0.25, 0.3) is 0 Å². The summed E-state index contributed by atoms with van der Waals surface area (Å²) in [4.78, 5) is 2.82. The van der Waals surface area contributed by atoms with Crippen molar-refractivity contribution in [2.75, 3.05) is 20.5 Å². The van der Waals surface area contributed by atoms with E-state index in [-0.39, 0.29) is 31.5 Å². The molecule has 1 N–H and O–H groups in total. The fraction of sp³-hybridized carbons (Fsp3) is 0.800. The number of rotatable bonds is 5. The average molecular weight is 227 g/mol. The zero-order valence-electron chi connectivity index (χ0n) is 9.54. The number of methoxy groups -OCH3 is 1. The van der Waals surface area contributed by atoms with E-state index in [0.717, 1.165) is 5.57 Å². The summed E-state index contributed by atoms with van der Waals surface area (Å²) in [5, 5.41) is 12.8. The maximum Gasteiger partial charge on any atom is 0.147 e. The van der Waals surface area contributed by atoms with E-state index < -0.39 is 0 Å². The molecule has 3 atom stereocenters. The maximum absolute atomic E-state index is 9.12. The van der Waals surface area contributed by atoms with Crippen molar-refractivity contribution < 1.29 is 14.6 Å². The van der Waals surface area contributed by atoms with Crippen LogP contribution in [0.2, 0.25) is 0 Å². The van der Waals surface area contributed by atoms with Gasteiger partial charge in [0, 0.05) is 18.1 Å². The normalized spacial score (nSPS) is 29.4. The molecule has 6 nitrogen and oxygen atoms in total. The SMILES string of the molecule is COCOC1C=C(CO)CC(N=[N+]=[N-])C1C. The first-order valence-corrected chi connectivity index (χ1v) is 5.18. The number of ether oxygens (including phenoxy) is 2. The Morgan fingerprint density at radius 2 is 2.44 bits per heavy atom. The second kappa shape index (κ2) is 6.50. The van der Waals surface area contributed by atoms with Gasteiger partial charge >= 0.3 is 0 Å². The van der Waals surface area contributed by atoms with Crippen LogP contribution in [0.3, 0.4) is 0 Å². The van der Waals surface area contributed by atoms with Crippen molar-refractivity contribution in [3.05, 3.63) is 22.1 Å². The first-order valence-electron chi connectivity index (χ1n) is 5.18. The largest absolute Gasteiger partial charge is 0.392 e. The molecule has 90 valence electrons. The molecule has 0 aromatic rings. The van der Waals surface area contributed by atoms with Crippen LogP contribution in [-0.2, 0) is 9.47 Å². The minimum atomic E-state index is -0.175. The molecule has 1 aliphatic carbocycles. The molecule has 0 fully saturated rings. The Bertz CT molecular complexity index is 300. The fourth-order valence-electron chi connectivity index (χ4n) is 1.80. The molecule has 1 rings (SSSR count). The highest BCUT2D eigenvalue weighted by molar-refractivity contribution is 5.15. The van der Waals surface area contributed by atoms with E-state index in [1.165, 1.54) is 0 Å². The standard InChI is InChI=1S/C10H17N3O3/c1-7-9(12-13-11)3-8(5-14)4-10(7)16-6-15-2/h4,7,9-10,14H,3,5-6H2,1-2H3. The van der Waals surface area contributed by atoms with Crippen LogP contribution < -0.4 is 0 Å². The summed E-state index contributed by atoms with van der Waals surface area (Å²) in [6.07, 6.45) is 2.30. The molecule has 0 aromatic heterocycles. The average Bonchev–Trinajstić information content (AvgIpc) is 2.30. The topological polar surface area (TPSA) is 87.5 Å². The number of hydrogen-bond acceptors (Lipinski definition) is 4. The molecular weight excluding hydrogens is 210 g/mol. The summed E-state index contributed by atoms with van der Waals surface area (Å²) < 4.78 is 10.3. The lowest BCUT2D eigenvalue weighted by Gasteiger charge is -2.31. The van der Waals surface area contributed by atoms with Gasteiger partial charge in [0.1, 0.15) is 6.79 Å². The molecule has 0 aromatic carbocycles. The lowest BCUT2D eigenvalue weighted by molar-refractivity contribution is -0.0762. The van der Waals surface area contributed by atoms with Crippen molar-refractivity contribution in [3.8, 4) is 0 Å². The molecule has 0 heterocycles. The highest BCUT2D eigenvalue weighted by Gasteiger charge is 2.29. The quantitative estimate of drug-likeness (QED) is 0.254. The number of nitrogens with zero attached hydrogens (tertiary/aromatic N) is 3. The lowest BCUT2D eigenvalue weighted by Crippen LogP contribution is -2.34. The Hall–Kier alpha value is -1.07. The molecule has 0 spiro atoms. The predicted molar refractivity (Wildman–Crippen MR) is 58.6 cm³/mol. The van der Waals surface area contributed by atoms with Gasteiger partial charge in [-0.2, -0.15) is 0 Å². The van der Waals surface area contributed by atoms with Crippen molar-refractivity contribution in [2.24, 2.45) is 11.0 Å². The first-order chi connectivity index (χ1) is 7.72. The number of aliphatic hydroxyl groups is 1. The van der Waals surface area contributed by atoms with Crippen LogP contribution >= 0.6 is 0 Å². The number of hydrogen-bond donors (Lipinski definition) is 1. The summed E-state index contributed by atoms with van der Waals surface area (Å²) >= 11 is 0. The molecule has 16 heavy (non-hydrogen) atoms. The van der Waals surface area contributed by atoms with E-state index in [4.69, 9.17) is 20.1 Å². The number of azide groups is 1. The van der Waals surface area contributed by atoms with Crippen LogP contribution in [-0.4, -0.2) is 37.8 Å². The first kappa shape index (κ1) is 13.0. The molecule has 0 bridgehead atoms. The molecule has 0 saturated heterocycles. The number of aliphatic hydroxyl groups excluding tert-OH is 1. The Balaban J connectivity index is 2.76. The van der Waals surface area contributed by atoms with Crippen molar-refractivity contribution >= 4 is 0 Å². The third kappa shape index (κ3) is 3.21. The monoisotopic (exact) mass is 227 g/mol. The summed E-state index contributed by atoms with van der Waals surface area (Å²) in [5.74, 6) is 0.0846. The van der Waals surface area contributed by atoms with Gasteiger partial charge in [0.2, 0.25) is 0 Å². The summed E-state index contributed by atoms with van der Waals surface area (Å²) in [7, 11) is 1.55. The van der Waals surface area contributed by atoms with E-state index in [0.29, 0.717) is 6.42 Å². The smallest absolute Gasteiger partial charge is 0.147 e. The molecule has 3 unspecified atom stereocenters. The maximum atomic E-state index is 9.12. The zero-order valence-corrected chi connectivity index (χ0v) is 9.54.